The minimum absolute atomic E-state index is 0.0395. The van der Waals surface area contributed by atoms with Crippen LogP contribution in [0.4, 0.5) is 0 Å². The third-order valence-corrected chi connectivity index (χ3v) is 5.28. The van der Waals surface area contributed by atoms with Crippen LogP contribution >= 0.6 is 23.2 Å². The molecular weight excluding hydrogens is 361 g/mol. The molecule has 2 heterocycles. The van der Waals surface area contributed by atoms with Crippen LogP contribution in [0.2, 0.25) is 10.0 Å². The Hall–Kier alpha value is -1.49. The van der Waals surface area contributed by atoms with Crippen molar-refractivity contribution in [1.29, 1.82) is 0 Å². The third-order valence-electron chi connectivity index (χ3n) is 4.55. The molecular formula is C19H21Cl2NO3. The van der Waals surface area contributed by atoms with Gasteiger partial charge in [-0.25, -0.2) is 0 Å². The number of carbonyl (C=O) groups excluding carboxylic acids is 1. The first kappa shape index (κ1) is 18.3. The molecule has 0 spiro atoms. The summed E-state index contributed by atoms with van der Waals surface area (Å²) in [4.78, 5) is 12.6. The SMILES string of the molecule is Cc1cc(C(=O)COc2ccc(Cl)c(Cl)c2)c(C)n1C[C@@H]1CCCO1. The lowest BCUT2D eigenvalue weighted by Crippen LogP contribution is -2.18. The quantitative estimate of drug-likeness (QED) is 0.671. The van der Waals surface area contributed by atoms with Crippen LogP contribution < -0.4 is 4.74 Å². The van der Waals surface area contributed by atoms with E-state index in [4.69, 9.17) is 32.7 Å². The van der Waals surface area contributed by atoms with E-state index in [1.807, 2.05) is 19.9 Å². The normalized spacial score (nSPS) is 17.0. The Morgan fingerprint density at radius 3 is 2.76 bits per heavy atom. The predicted molar refractivity (Wildman–Crippen MR) is 99.2 cm³/mol. The van der Waals surface area contributed by atoms with Crippen molar-refractivity contribution in [2.24, 2.45) is 0 Å². The van der Waals surface area contributed by atoms with Crippen molar-refractivity contribution in [1.82, 2.24) is 4.57 Å². The molecule has 0 N–H and O–H groups in total. The molecule has 134 valence electrons. The highest BCUT2D eigenvalue weighted by atomic mass is 35.5. The van der Waals surface area contributed by atoms with E-state index in [0.717, 1.165) is 37.4 Å². The van der Waals surface area contributed by atoms with Gasteiger partial charge < -0.3 is 14.0 Å². The summed E-state index contributed by atoms with van der Waals surface area (Å²) in [5, 5.41) is 0.861. The molecule has 0 aliphatic carbocycles. The number of ketones is 1. The molecule has 1 aliphatic rings. The zero-order chi connectivity index (χ0) is 18.0. The molecule has 1 aromatic carbocycles. The zero-order valence-electron chi connectivity index (χ0n) is 14.4. The van der Waals surface area contributed by atoms with Gasteiger partial charge in [0.25, 0.3) is 0 Å². The second-order valence-corrected chi connectivity index (χ2v) is 7.13. The van der Waals surface area contributed by atoms with Gasteiger partial charge in [-0.15, -0.1) is 0 Å². The predicted octanol–water partition coefficient (Wildman–Crippen LogP) is 4.85. The molecule has 2 aromatic rings. The van der Waals surface area contributed by atoms with E-state index in [1.54, 1.807) is 18.2 Å². The lowest BCUT2D eigenvalue weighted by atomic mass is 10.1. The maximum atomic E-state index is 12.6. The van der Waals surface area contributed by atoms with Gasteiger partial charge in [-0.1, -0.05) is 23.2 Å². The fraction of sp³-hybridized carbons (Fsp3) is 0.421. The van der Waals surface area contributed by atoms with Crippen molar-refractivity contribution in [3.05, 3.63) is 51.3 Å². The monoisotopic (exact) mass is 381 g/mol. The summed E-state index contributed by atoms with van der Waals surface area (Å²) in [6.07, 6.45) is 2.41. The Labute approximate surface area is 157 Å². The Balaban J connectivity index is 1.68. The van der Waals surface area contributed by atoms with Gasteiger partial charge in [0.15, 0.2) is 6.61 Å². The van der Waals surface area contributed by atoms with Crippen molar-refractivity contribution >= 4 is 29.0 Å². The van der Waals surface area contributed by atoms with E-state index in [-0.39, 0.29) is 18.5 Å². The van der Waals surface area contributed by atoms with Gasteiger partial charge in [0.1, 0.15) is 5.75 Å². The number of halogens is 2. The summed E-state index contributed by atoms with van der Waals surface area (Å²) in [5.74, 6) is 0.466. The van der Waals surface area contributed by atoms with Crippen molar-refractivity contribution in [2.75, 3.05) is 13.2 Å². The van der Waals surface area contributed by atoms with Gasteiger partial charge >= 0.3 is 0 Å². The van der Waals surface area contributed by atoms with Crippen LogP contribution in [0.15, 0.2) is 24.3 Å². The number of nitrogens with zero attached hydrogens (tertiary/aromatic N) is 1. The smallest absolute Gasteiger partial charge is 0.202 e. The molecule has 0 unspecified atom stereocenters. The Bertz CT molecular complexity index is 779. The van der Waals surface area contributed by atoms with E-state index in [1.165, 1.54) is 0 Å². The van der Waals surface area contributed by atoms with Gasteiger partial charge in [-0.3, -0.25) is 4.79 Å². The molecule has 1 fully saturated rings. The third kappa shape index (κ3) is 4.20. The second-order valence-electron chi connectivity index (χ2n) is 6.32. The minimum atomic E-state index is -0.0576. The number of aromatic nitrogens is 1. The summed E-state index contributed by atoms with van der Waals surface area (Å²) < 4.78 is 13.4. The molecule has 3 rings (SSSR count). The van der Waals surface area contributed by atoms with E-state index in [2.05, 4.69) is 4.57 Å². The number of rotatable bonds is 6. The van der Waals surface area contributed by atoms with Crippen LogP contribution in [-0.4, -0.2) is 29.7 Å². The number of Topliss-reactive ketones (excluding diaryl/α,β-unsaturated/α-hetero) is 1. The highest BCUT2D eigenvalue weighted by Crippen LogP contribution is 2.26. The first-order valence-corrected chi connectivity index (χ1v) is 9.10. The van der Waals surface area contributed by atoms with Crippen molar-refractivity contribution in [2.45, 2.75) is 39.3 Å². The van der Waals surface area contributed by atoms with Crippen LogP contribution in [0.1, 0.15) is 34.6 Å². The van der Waals surface area contributed by atoms with Crippen LogP contribution in [0.5, 0.6) is 5.75 Å². The fourth-order valence-corrected chi connectivity index (χ4v) is 3.44. The second kappa shape index (κ2) is 7.81. The van der Waals surface area contributed by atoms with Gasteiger partial charge in [0, 0.05) is 36.2 Å². The van der Waals surface area contributed by atoms with E-state index in [9.17, 15) is 4.79 Å². The van der Waals surface area contributed by atoms with Crippen molar-refractivity contribution in [3.63, 3.8) is 0 Å². The van der Waals surface area contributed by atoms with Gasteiger partial charge in [0.05, 0.1) is 16.1 Å². The molecule has 0 bridgehead atoms. The molecule has 1 saturated heterocycles. The Morgan fingerprint density at radius 1 is 1.28 bits per heavy atom. The molecule has 1 aliphatic heterocycles. The lowest BCUT2D eigenvalue weighted by Gasteiger charge is -2.14. The standard InChI is InChI=1S/C19H21Cl2NO3/c1-12-8-16(13(2)22(12)10-15-4-3-7-24-15)19(23)11-25-14-5-6-17(20)18(21)9-14/h5-6,8-9,15H,3-4,7,10-11H2,1-2H3/t15-/m0/s1. The van der Waals surface area contributed by atoms with Crippen LogP contribution in [0, 0.1) is 13.8 Å². The number of benzene rings is 1. The number of aryl methyl sites for hydroxylation is 1. The zero-order valence-corrected chi connectivity index (χ0v) is 15.9. The minimum Gasteiger partial charge on any atom is -0.485 e. The maximum Gasteiger partial charge on any atom is 0.202 e. The van der Waals surface area contributed by atoms with E-state index in [0.29, 0.717) is 21.4 Å². The average Bonchev–Trinajstić information content (AvgIpc) is 3.19. The summed E-state index contributed by atoms with van der Waals surface area (Å²) in [6, 6.07) is 6.88. The van der Waals surface area contributed by atoms with E-state index < -0.39 is 0 Å². The van der Waals surface area contributed by atoms with Crippen LogP contribution in [0.25, 0.3) is 0 Å². The van der Waals surface area contributed by atoms with Gasteiger partial charge in [0.2, 0.25) is 5.78 Å². The largest absolute Gasteiger partial charge is 0.485 e. The maximum absolute atomic E-state index is 12.6. The first-order valence-electron chi connectivity index (χ1n) is 8.35. The van der Waals surface area contributed by atoms with Crippen LogP contribution in [0.3, 0.4) is 0 Å². The summed E-state index contributed by atoms with van der Waals surface area (Å²) in [5.41, 5.74) is 2.71. The molecule has 4 nitrogen and oxygen atoms in total. The summed E-state index contributed by atoms with van der Waals surface area (Å²) in [6.45, 7) is 5.56. The van der Waals surface area contributed by atoms with Crippen LogP contribution in [-0.2, 0) is 11.3 Å². The number of ether oxygens (including phenoxy) is 2. The number of carbonyl (C=O) groups is 1. The summed E-state index contributed by atoms with van der Waals surface area (Å²) in [7, 11) is 0. The average molecular weight is 382 g/mol. The molecule has 0 saturated carbocycles. The highest BCUT2D eigenvalue weighted by Gasteiger charge is 2.21. The topological polar surface area (TPSA) is 40.5 Å². The number of hydrogen-bond donors (Lipinski definition) is 0. The van der Waals surface area contributed by atoms with Crippen molar-refractivity contribution < 1.29 is 14.3 Å². The molecule has 1 atom stereocenters. The Morgan fingerprint density at radius 2 is 2.08 bits per heavy atom. The fourth-order valence-electron chi connectivity index (χ4n) is 3.15. The summed E-state index contributed by atoms with van der Waals surface area (Å²) >= 11 is 11.8. The van der Waals surface area contributed by atoms with Gasteiger partial charge in [-0.2, -0.15) is 0 Å². The Kier molecular flexibility index (Phi) is 5.72. The molecule has 25 heavy (non-hydrogen) atoms. The first-order chi connectivity index (χ1) is 12.0. The molecule has 1 aromatic heterocycles. The number of hydrogen-bond acceptors (Lipinski definition) is 3. The molecule has 0 radical (unpaired) electrons. The van der Waals surface area contributed by atoms with Crippen molar-refractivity contribution in [3.8, 4) is 5.75 Å². The molecule has 6 heteroatoms. The highest BCUT2D eigenvalue weighted by molar-refractivity contribution is 6.42. The van der Waals surface area contributed by atoms with Gasteiger partial charge in [-0.05, 0) is 44.9 Å². The lowest BCUT2D eigenvalue weighted by molar-refractivity contribution is 0.0914. The van der Waals surface area contributed by atoms with E-state index >= 15 is 0 Å². The molecule has 0 amide bonds.